The fourth-order valence-electron chi connectivity index (χ4n) is 3.31. The van der Waals surface area contributed by atoms with E-state index in [0.29, 0.717) is 6.54 Å². The Kier molecular flexibility index (Phi) is 10.9. The summed E-state index contributed by atoms with van der Waals surface area (Å²) in [4.78, 5) is 4.64. The molecule has 0 spiro atoms. The second kappa shape index (κ2) is 12.4. The quantitative estimate of drug-likeness (QED) is 0.671. The summed E-state index contributed by atoms with van der Waals surface area (Å²) in [5, 5.41) is 11.1. The fourth-order valence-corrected chi connectivity index (χ4v) is 3.48. The van der Waals surface area contributed by atoms with E-state index in [4.69, 9.17) is 21.1 Å². The van der Waals surface area contributed by atoms with Gasteiger partial charge in [0.25, 0.3) is 0 Å². The average molecular weight is 464 g/mol. The average Bonchev–Trinajstić information content (AvgIpc) is 2.69. The standard InChI is InChI=1S/C21H27ClN2O3.2ClH/c1-16-3-4-17(22)13-21(16)24-11-9-23(10-12-24)14-18(25)15-27-20-7-5-19(26-2)6-8-20;;/h3-8,13,18,25H,9-12,14-15H2,1-2H3;2*1H. The first kappa shape index (κ1) is 25.7. The van der Waals surface area contributed by atoms with Crippen molar-refractivity contribution in [2.75, 3.05) is 51.3 Å². The first-order valence-electron chi connectivity index (χ1n) is 9.23. The summed E-state index contributed by atoms with van der Waals surface area (Å²) in [5.41, 5.74) is 2.44. The molecule has 1 fully saturated rings. The van der Waals surface area contributed by atoms with Crippen molar-refractivity contribution in [3.05, 3.63) is 53.1 Å². The van der Waals surface area contributed by atoms with Gasteiger partial charge in [-0.25, -0.2) is 0 Å². The summed E-state index contributed by atoms with van der Waals surface area (Å²) in [6.45, 7) is 6.66. The molecular weight excluding hydrogens is 435 g/mol. The zero-order valence-corrected chi connectivity index (χ0v) is 19.1. The van der Waals surface area contributed by atoms with E-state index in [1.807, 2.05) is 36.4 Å². The van der Waals surface area contributed by atoms with E-state index in [1.165, 1.54) is 11.3 Å². The molecule has 162 valence electrons. The minimum absolute atomic E-state index is 0. The van der Waals surface area contributed by atoms with Crippen LogP contribution in [0.4, 0.5) is 5.69 Å². The van der Waals surface area contributed by atoms with E-state index < -0.39 is 6.10 Å². The molecule has 0 amide bonds. The highest BCUT2D eigenvalue weighted by Gasteiger charge is 2.20. The molecular formula is C21H29Cl3N2O3. The van der Waals surface area contributed by atoms with E-state index in [1.54, 1.807) is 7.11 Å². The highest BCUT2D eigenvalue weighted by Crippen LogP contribution is 2.25. The van der Waals surface area contributed by atoms with Crippen molar-refractivity contribution in [3.63, 3.8) is 0 Å². The van der Waals surface area contributed by atoms with Gasteiger partial charge in [0.1, 0.15) is 24.2 Å². The Labute approximate surface area is 190 Å². The smallest absolute Gasteiger partial charge is 0.119 e. The van der Waals surface area contributed by atoms with Crippen LogP contribution in [0.25, 0.3) is 0 Å². The number of aliphatic hydroxyl groups excluding tert-OH is 1. The number of aryl methyl sites for hydroxylation is 1. The number of hydrogen-bond acceptors (Lipinski definition) is 5. The molecule has 1 heterocycles. The normalized spacial score (nSPS) is 15.1. The molecule has 8 heteroatoms. The van der Waals surface area contributed by atoms with Crippen LogP contribution in [-0.2, 0) is 0 Å². The molecule has 2 aromatic carbocycles. The SMILES string of the molecule is COc1ccc(OCC(O)CN2CCN(c3cc(Cl)ccc3C)CC2)cc1.Cl.Cl. The number of benzene rings is 2. The van der Waals surface area contributed by atoms with Gasteiger partial charge in [-0.1, -0.05) is 17.7 Å². The van der Waals surface area contributed by atoms with Gasteiger partial charge < -0.3 is 19.5 Å². The molecule has 0 aliphatic carbocycles. The van der Waals surface area contributed by atoms with E-state index in [-0.39, 0.29) is 31.4 Å². The van der Waals surface area contributed by atoms with Crippen LogP contribution in [-0.4, -0.2) is 62.6 Å². The van der Waals surface area contributed by atoms with Crippen molar-refractivity contribution in [3.8, 4) is 11.5 Å². The fraction of sp³-hybridized carbons (Fsp3) is 0.429. The van der Waals surface area contributed by atoms with Gasteiger partial charge in [-0.3, -0.25) is 4.90 Å². The number of anilines is 1. The van der Waals surface area contributed by atoms with Gasteiger partial charge in [0.15, 0.2) is 0 Å². The minimum Gasteiger partial charge on any atom is -0.497 e. The molecule has 0 aromatic heterocycles. The predicted octanol–water partition coefficient (Wildman–Crippen LogP) is 4.06. The molecule has 1 N–H and O–H groups in total. The molecule has 3 rings (SSSR count). The lowest BCUT2D eigenvalue weighted by molar-refractivity contribution is 0.0663. The first-order valence-corrected chi connectivity index (χ1v) is 9.61. The zero-order chi connectivity index (χ0) is 19.2. The van der Waals surface area contributed by atoms with Gasteiger partial charge in [0.05, 0.1) is 7.11 Å². The Balaban J connectivity index is 0.00000210. The number of β-amino-alcohol motifs (C(OH)–C–C–N with tert-alkyl or cyclic N) is 1. The molecule has 0 bridgehead atoms. The van der Waals surface area contributed by atoms with Gasteiger partial charge in [-0.2, -0.15) is 0 Å². The topological polar surface area (TPSA) is 45.2 Å². The van der Waals surface area contributed by atoms with Crippen LogP contribution < -0.4 is 14.4 Å². The third-order valence-electron chi connectivity index (χ3n) is 4.85. The number of piperazine rings is 1. The van der Waals surface area contributed by atoms with Crippen LogP contribution in [0, 0.1) is 6.92 Å². The van der Waals surface area contributed by atoms with E-state index in [9.17, 15) is 5.11 Å². The first-order chi connectivity index (χ1) is 13.0. The molecule has 1 aliphatic rings. The molecule has 1 atom stereocenters. The van der Waals surface area contributed by atoms with Crippen molar-refractivity contribution in [2.24, 2.45) is 0 Å². The molecule has 0 radical (unpaired) electrons. The predicted molar refractivity (Wildman–Crippen MR) is 124 cm³/mol. The Morgan fingerprint density at radius 2 is 1.62 bits per heavy atom. The van der Waals surface area contributed by atoms with E-state index >= 15 is 0 Å². The lowest BCUT2D eigenvalue weighted by Crippen LogP contribution is -2.49. The van der Waals surface area contributed by atoms with Crippen LogP contribution in [0.1, 0.15) is 5.56 Å². The third kappa shape index (κ3) is 7.43. The van der Waals surface area contributed by atoms with Crippen molar-refractivity contribution in [2.45, 2.75) is 13.0 Å². The summed E-state index contributed by atoms with van der Waals surface area (Å²) in [6.07, 6.45) is -0.522. The number of ether oxygens (including phenoxy) is 2. The number of aliphatic hydroxyl groups is 1. The van der Waals surface area contributed by atoms with Crippen LogP contribution in [0.5, 0.6) is 11.5 Å². The van der Waals surface area contributed by atoms with Crippen molar-refractivity contribution in [1.82, 2.24) is 4.90 Å². The Bertz CT molecular complexity index is 738. The maximum atomic E-state index is 10.3. The summed E-state index contributed by atoms with van der Waals surface area (Å²) >= 11 is 6.14. The number of rotatable bonds is 7. The molecule has 1 saturated heterocycles. The second-order valence-corrected chi connectivity index (χ2v) is 7.30. The maximum absolute atomic E-state index is 10.3. The third-order valence-corrected chi connectivity index (χ3v) is 5.09. The monoisotopic (exact) mass is 462 g/mol. The summed E-state index contributed by atoms with van der Waals surface area (Å²) in [7, 11) is 1.63. The molecule has 2 aromatic rings. The number of halogens is 3. The van der Waals surface area contributed by atoms with Crippen LogP contribution >= 0.6 is 36.4 Å². The zero-order valence-electron chi connectivity index (χ0n) is 16.7. The van der Waals surface area contributed by atoms with Crippen LogP contribution in [0.15, 0.2) is 42.5 Å². The molecule has 29 heavy (non-hydrogen) atoms. The maximum Gasteiger partial charge on any atom is 0.119 e. The number of methoxy groups -OCH3 is 1. The van der Waals surface area contributed by atoms with Gasteiger partial charge in [0, 0.05) is 43.4 Å². The minimum atomic E-state index is -0.522. The highest BCUT2D eigenvalue weighted by molar-refractivity contribution is 6.30. The van der Waals surface area contributed by atoms with E-state index in [0.717, 1.165) is 42.7 Å². The van der Waals surface area contributed by atoms with Gasteiger partial charge in [0.2, 0.25) is 0 Å². The second-order valence-electron chi connectivity index (χ2n) is 6.86. The van der Waals surface area contributed by atoms with Crippen LogP contribution in [0.3, 0.4) is 0 Å². The lowest BCUT2D eigenvalue weighted by Gasteiger charge is -2.37. The van der Waals surface area contributed by atoms with Crippen molar-refractivity contribution < 1.29 is 14.6 Å². The summed E-state index contributed by atoms with van der Waals surface area (Å²) in [6, 6.07) is 13.4. The lowest BCUT2D eigenvalue weighted by atomic mass is 10.1. The van der Waals surface area contributed by atoms with Crippen molar-refractivity contribution >= 4 is 42.1 Å². The van der Waals surface area contributed by atoms with Crippen LogP contribution in [0.2, 0.25) is 5.02 Å². The number of nitrogens with zero attached hydrogens (tertiary/aromatic N) is 2. The Morgan fingerprint density at radius 3 is 2.24 bits per heavy atom. The van der Waals surface area contributed by atoms with Gasteiger partial charge >= 0.3 is 0 Å². The molecule has 0 saturated carbocycles. The van der Waals surface area contributed by atoms with E-state index in [2.05, 4.69) is 22.8 Å². The summed E-state index contributed by atoms with van der Waals surface area (Å²) in [5.74, 6) is 1.52. The molecule has 1 unspecified atom stereocenters. The largest absolute Gasteiger partial charge is 0.497 e. The summed E-state index contributed by atoms with van der Waals surface area (Å²) < 4.78 is 10.8. The van der Waals surface area contributed by atoms with Crippen molar-refractivity contribution in [1.29, 1.82) is 0 Å². The molecule has 1 aliphatic heterocycles. The number of hydrogen-bond donors (Lipinski definition) is 1. The Hall–Kier alpha value is -1.37. The Morgan fingerprint density at radius 1 is 1.00 bits per heavy atom. The van der Waals surface area contributed by atoms with Gasteiger partial charge in [-0.15, -0.1) is 24.8 Å². The molecule has 5 nitrogen and oxygen atoms in total. The highest BCUT2D eigenvalue weighted by atomic mass is 35.5. The van der Waals surface area contributed by atoms with Gasteiger partial charge in [-0.05, 0) is 48.9 Å².